The molecule has 18 heavy (non-hydrogen) atoms. The van der Waals surface area contributed by atoms with Gasteiger partial charge in [-0.1, -0.05) is 11.6 Å². The summed E-state index contributed by atoms with van der Waals surface area (Å²) in [6.45, 7) is 3.81. The molecule has 1 aromatic heterocycles. The van der Waals surface area contributed by atoms with Crippen molar-refractivity contribution < 1.29 is 9.47 Å². The molecule has 6 heteroatoms. The van der Waals surface area contributed by atoms with Crippen molar-refractivity contribution >= 4 is 17.4 Å². The molecule has 1 aromatic rings. The van der Waals surface area contributed by atoms with Crippen LogP contribution in [0.1, 0.15) is 19.8 Å². The minimum Gasteiger partial charge on any atom is -0.490 e. The first-order valence-corrected chi connectivity index (χ1v) is 6.49. The molecule has 1 unspecified atom stereocenters. The number of halogens is 1. The Morgan fingerprint density at radius 2 is 2.17 bits per heavy atom. The lowest BCUT2D eigenvalue weighted by Crippen LogP contribution is -2.31. The molecule has 0 aliphatic carbocycles. The lowest BCUT2D eigenvalue weighted by molar-refractivity contribution is 0.0622. The molecule has 0 bridgehead atoms. The Morgan fingerprint density at radius 1 is 1.44 bits per heavy atom. The molecule has 2 rings (SSSR count). The van der Waals surface area contributed by atoms with E-state index in [4.69, 9.17) is 21.1 Å². The highest BCUT2D eigenvalue weighted by molar-refractivity contribution is 6.31. The lowest BCUT2D eigenvalue weighted by atomic mass is 9.93. The van der Waals surface area contributed by atoms with Gasteiger partial charge in [0.05, 0.1) is 7.11 Å². The number of rotatable bonds is 4. The van der Waals surface area contributed by atoms with Gasteiger partial charge in [0, 0.05) is 19.3 Å². The fourth-order valence-electron chi connectivity index (χ4n) is 2.19. The number of ether oxygens (including phenoxy) is 2. The zero-order chi connectivity index (χ0) is 13.0. The molecule has 0 spiro atoms. The van der Waals surface area contributed by atoms with Crippen LogP contribution in [0.15, 0.2) is 6.33 Å². The first-order valence-electron chi connectivity index (χ1n) is 6.11. The number of anilines is 1. The Kier molecular flexibility index (Phi) is 4.60. The summed E-state index contributed by atoms with van der Waals surface area (Å²) >= 11 is 5.96. The van der Waals surface area contributed by atoms with Crippen molar-refractivity contribution in [3.05, 3.63) is 11.5 Å². The summed E-state index contributed by atoms with van der Waals surface area (Å²) in [6, 6.07) is 0.300. The second-order valence-electron chi connectivity index (χ2n) is 4.43. The van der Waals surface area contributed by atoms with Gasteiger partial charge in [0.15, 0.2) is 16.7 Å². The van der Waals surface area contributed by atoms with Crippen molar-refractivity contribution in [2.45, 2.75) is 25.8 Å². The van der Waals surface area contributed by atoms with Gasteiger partial charge in [-0.05, 0) is 25.7 Å². The van der Waals surface area contributed by atoms with Gasteiger partial charge in [0.2, 0.25) is 0 Å². The van der Waals surface area contributed by atoms with E-state index in [-0.39, 0.29) is 0 Å². The van der Waals surface area contributed by atoms with Gasteiger partial charge in [-0.25, -0.2) is 9.97 Å². The Bertz CT molecular complexity index is 397. The predicted molar refractivity (Wildman–Crippen MR) is 70.2 cm³/mol. The summed E-state index contributed by atoms with van der Waals surface area (Å²) < 4.78 is 10.6. The summed E-state index contributed by atoms with van der Waals surface area (Å²) in [6.07, 6.45) is 3.56. The van der Waals surface area contributed by atoms with E-state index in [0.29, 0.717) is 28.7 Å². The highest BCUT2D eigenvalue weighted by atomic mass is 35.5. The van der Waals surface area contributed by atoms with Gasteiger partial charge in [0.25, 0.3) is 0 Å². The Balaban J connectivity index is 2.06. The number of aromatic nitrogens is 2. The Hall–Kier alpha value is -1.07. The van der Waals surface area contributed by atoms with Gasteiger partial charge >= 0.3 is 0 Å². The van der Waals surface area contributed by atoms with E-state index in [9.17, 15) is 0 Å². The Labute approximate surface area is 112 Å². The topological polar surface area (TPSA) is 56.3 Å². The molecule has 0 amide bonds. The molecule has 2 heterocycles. The molecule has 1 N–H and O–H groups in total. The lowest BCUT2D eigenvalue weighted by Gasteiger charge is -2.29. The highest BCUT2D eigenvalue weighted by Gasteiger charge is 2.22. The largest absolute Gasteiger partial charge is 0.490 e. The number of nitrogens with zero attached hydrogens (tertiary/aromatic N) is 2. The van der Waals surface area contributed by atoms with Crippen LogP contribution in [-0.2, 0) is 4.74 Å². The van der Waals surface area contributed by atoms with E-state index in [2.05, 4.69) is 22.2 Å². The quantitative estimate of drug-likeness (QED) is 0.852. The second kappa shape index (κ2) is 6.20. The molecule has 100 valence electrons. The second-order valence-corrected chi connectivity index (χ2v) is 4.79. The maximum Gasteiger partial charge on any atom is 0.198 e. The zero-order valence-corrected chi connectivity index (χ0v) is 11.4. The van der Waals surface area contributed by atoms with E-state index in [1.54, 1.807) is 7.11 Å². The zero-order valence-electron chi connectivity index (χ0n) is 10.6. The fraction of sp³-hybridized carbons (Fsp3) is 0.667. The van der Waals surface area contributed by atoms with Crippen molar-refractivity contribution in [2.24, 2.45) is 5.92 Å². The van der Waals surface area contributed by atoms with Crippen molar-refractivity contribution in [1.82, 2.24) is 9.97 Å². The van der Waals surface area contributed by atoms with E-state index in [1.165, 1.54) is 6.33 Å². The molecular weight excluding hydrogens is 254 g/mol. The average Bonchev–Trinajstić information content (AvgIpc) is 2.40. The van der Waals surface area contributed by atoms with Crippen molar-refractivity contribution in [3.8, 4) is 5.75 Å². The third-order valence-corrected chi connectivity index (χ3v) is 3.57. The van der Waals surface area contributed by atoms with Crippen LogP contribution in [0.25, 0.3) is 0 Å². The van der Waals surface area contributed by atoms with E-state index in [0.717, 1.165) is 26.1 Å². The molecule has 1 atom stereocenters. The summed E-state index contributed by atoms with van der Waals surface area (Å²) in [5.41, 5.74) is 0. The molecule has 1 fully saturated rings. The predicted octanol–water partition coefficient (Wildman–Crippen LogP) is 2.37. The number of methoxy groups -OCH3 is 1. The van der Waals surface area contributed by atoms with Crippen LogP contribution >= 0.6 is 11.6 Å². The van der Waals surface area contributed by atoms with Crippen molar-refractivity contribution in [2.75, 3.05) is 25.6 Å². The SMILES string of the molecule is COc1c(Cl)ncnc1NC(C)C1CCOCC1. The first kappa shape index (κ1) is 13.4. The van der Waals surface area contributed by atoms with Gasteiger partial charge in [0.1, 0.15) is 6.33 Å². The van der Waals surface area contributed by atoms with Crippen molar-refractivity contribution in [1.29, 1.82) is 0 Å². The van der Waals surface area contributed by atoms with E-state index in [1.807, 2.05) is 0 Å². The van der Waals surface area contributed by atoms with Gasteiger partial charge in [-0.2, -0.15) is 0 Å². The summed E-state index contributed by atoms with van der Waals surface area (Å²) in [5, 5.41) is 3.68. The van der Waals surface area contributed by atoms with Crippen LogP contribution in [0, 0.1) is 5.92 Å². The molecular formula is C12H18ClN3O2. The van der Waals surface area contributed by atoms with E-state index < -0.39 is 0 Å². The van der Waals surface area contributed by atoms with Crippen LogP contribution in [0.4, 0.5) is 5.82 Å². The molecule has 5 nitrogen and oxygen atoms in total. The van der Waals surface area contributed by atoms with Crippen molar-refractivity contribution in [3.63, 3.8) is 0 Å². The first-order chi connectivity index (χ1) is 8.72. The molecule has 0 aromatic carbocycles. The van der Waals surface area contributed by atoms with Gasteiger partial charge < -0.3 is 14.8 Å². The molecule has 1 aliphatic heterocycles. The minimum absolute atomic E-state index is 0.300. The van der Waals surface area contributed by atoms with Gasteiger partial charge in [-0.3, -0.25) is 0 Å². The fourth-order valence-corrected chi connectivity index (χ4v) is 2.40. The van der Waals surface area contributed by atoms with Crippen LogP contribution in [0.5, 0.6) is 5.75 Å². The average molecular weight is 272 g/mol. The highest BCUT2D eigenvalue weighted by Crippen LogP contribution is 2.30. The smallest absolute Gasteiger partial charge is 0.198 e. The normalized spacial score (nSPS) is 18.4. The standard InChI is InChI=1S/C12H18ClN3O2/c1-8(9-3-5-18-6-4-9)16-12-10(17-2)11(13)14-7-15-12/h7-9H,3-6H2,1-2H3,(H,14,15,16). The van der Waals surface area contributed by atoms with Crippen LogP contribution in [0.3, 0.4) is 0 Å². The number of hydrogen-bond donors (Lipinski definition) is 1. The third-order valence-electron chi connectivity index (χ3n) is 3.30. The van der Waals surface area contributed by atoms with Crippen LogP contribution < -0.4 is 10.1 Å². The van der Waals surface area contributed by atoms with Crippen LogP contribution in [0.2, 0.25) is 5.15 Å². The number of nitrogens with one attached hydrogen (secondary N) is 1. The number of hydrogen-bond acceptors (Lipinski definition) is 5. The monoisotopic (exact) mass is 271 g/mol. The maximum atomic E-state index is 5.96. The molecule has 1 saturated heterocycles. The van der Waals surface area contributed by atoms with Gasteiger partial charge in [-0.15, -0.1) is 0 Å². The summed E-state index contributed by atoms with van der Waals surface area (Å²) in [7, 11) is 1.56. The minimum atomic E-state index is 0.300. The van der Waals surface area contributed by atoms with E-state index >= 15 is 0 Å². The molecule has 0 radical (unpaired) electrons. The molecule has 1 aliphatic rings. The van der Waals surface area contributed by atoms with Crippen LogP contribution in [-0.4, -0.2) is 36.3 Å². The molecule has 0 saturated carbocycles. The summed E-state index contributed by atoms with van der Waals surface area (Å²) in [5.74, 6) is 1.73. The maximum absolute atomic E-state index is 5.96. The third kappa shape index (κ3) is 3.03. The summed E-state index contributed by atoms with van der Waals surface area (Å²) in [4.78, 5) is 8.08. The Morgan fingerprint density at radius 3 is 2.83 bits per heavy atom.